The van der Waals surface area contributed by atoms with E-state index in [1.807, 2.05) is 6.07 Å². The fraction of sp³-hybridized carbons (Fsp3) is 0.727. The highest BCUT2D eigenvalue weighted by Gasteiger charge is 2.35. The molecule has 3 nitrogen and oxygen atoms in total. The molecule has 140 valence electrons. The Labute approximate surface area is 153 Å². The van der Waals surface area contributed by atoms with Crippen LogP contribution in [-0.2, 0) is 6.42 Å². The van der Waals surface area contributed by atoms with Gasteiger partial charge in [0.2, 0.25) is 0 Å². The summed E-state index contributed by atoms with van der Waals surface area (Å²) in [6, 6.07) is 8.34. The Morgan fingerprint density at radius 1 is 1.24 bits per heavy atom. The molecule has 1 heterocycles. The van der Waals surface area contributed by atoms with Crippen LogP contribution in [0.1, 0.15) is 56.9 Å². The number of benzene rings is 1. The van der Waals surface area contributed by atoms with E-state index in [9.17, 15) is 5.11 Å². The van der Waals surface area contributed by atoms with E-state index in [2.05, 4.69) is 23.1 Å². The third kappa shape index (κ3) is 5.21. The Hall–Kier alpha value is -1.06. The Morgan fingerprint density at radius 3 is 2.84 bits per heavy atom. The van der Waals surface area contributed by atoms with Gasteiger partial charge in [-0.05, 0) is 68.8 Å². The second kappa shape index (κ2) is 9.05. The molecule has 1 atom stereocenters. The minimum absolute atomic E-state index is 0.0119. The summed E-state index contributed by atoms with van der Waals surface area (Å²) in [6.07, 6.45) is 11.8. The fourth-order valence-corrected chi connectivity index (χ4v) is 4.95. The highest BCUT2D eigenvalue weighted by Crippen LogP contribution is 2.35. The highest BCUT2D eigenvalue weighted by atomic mass is 16.5. The molecule has 1 aliphatic heterocycles. The maximum atomic E-state index is 10.2. The summed E-state index contributed by atoms with van der Waals surface area (Å²) in [5.41, 5.74) is 1.29. The molecule has 1 N–H and O–H groups in total. The molecule has 0 radical (unpaired) electrons. The molecule has 25 heavy (non-hydrogen) atoms. The Bertz CT molecular complexity index is 527. The zero-order valence-electron chi connectivity index (χ0n) is 15.9. The zero-order valence-corrected chi connectivity index (χ0v) is 15.9. The van der Waals surface area contributed by atoms with Gasteiger partial charge in [0.15, 0.2) is 0 Å². The van der Waals surface area contributed by atoms with Gasteiger partial charge in [0.05, 0.1) is 13.7 Å². The topological polar surface area (TPSA) is 32.7 Å². The molecule has 3 heteroatoms. The summed E-state index contributed by atoms with van der Waals surface area (Å²) in [5, 5.41) is 10.2. The quantitative estimate of drug-likeness (QED) is 0.763. The Kier molecular flexibility index (Phi) is 6.77. The molecule has 1 aromatic rings. The monoisotopic (exact) mass is 345 g/mol. The number of methoxy groups -OCH3 is 1. The van der Waals surface area contributed by atoms with Gasteiger partial charge in [-0.25, -0.2) is 0 Å². The Balaban J connectivity index is 1.54. The normalized spacial score (nSPS) is 25.4. The minimum atomic E-state index is 0.0119. The number of hydrogen-bond acceptors (Lipinski definition) is 3. The second-order valence-corrected chi connectivity index (χ2v) is 8.36. The predicted octanol–water partition coefficient (Wildman–Crippen LogP) is 4.28. The summed E-state index contributed by atoms with van der Waals surface area (Å²) >= 11 is 0. The first kappa shape index (κ1) is 18.7. The SMILES string of the molecule is COc1cccc(CC2(CO)CCCN(CCCC3CCCC3)C2)c1. The van der Waals surface area contributed by atoms with Gasteiger partial charge in [0.1, 0.15) is 5.75 Å². The first-order chi connectivity index (χ1) is 12.2. The van der Waals surface area contributed by atoms with Crippen molar-refractivity contribution in [3.63, 3.8) is 0 Å². The summed E-state index contributed by atoms with van der Waals surface area (Å²) in [5.74, 6) is 1.90. The first-order valence-corrected chi connectivity index (χ1v) is 10.2. The van der Waals surface area contributed by atoms with E-state index in [-0.39, 0.29) is 12.0 Å². The lowest BCUT2D eigenvalue weighted by atomic mass is 9.75. The molecule has 2 fully saturated rings. The summed E-state index contributed by atoms with van der Waals surface area (Å²) in [7, 11) is 1.72. The van der Waals surface area contributed by atoms with Crippen molar-refractivity contribution in [2.24, 2.45) is 11.3 Å². The number of nitrogens with zero attached hydrogens (tertiary/aromatic N) is 1. The number of likely N-dealkylation sites (tertiary alicyclic amines) is 1. The molecule has 0 amide bonds. The van der Waals surface area contributed by atoms with Crippen molar-refractivity contribution in [3.8, 4) is 5.75 Å². The van der Waals surface area contributed by atoms with E-state index in [1.54, 1.807) is 7.11 Å². The predicted molar refractivity (Wildman–Crippen MR) is 103 cm³/mol. The third-order valence-corrected chi connectivity index (χ3v) is 6.35. The molecule has 1 saturated heterocycles. The molecule has 1 aliphatic carbocycles. The smallest absolute Gasteiger partial charge is 0.119 e. The number of aliphatic hydroxyl groups is 1. The van der Waals surface area contributed by atoms with E-state index < -0.39 is 0 Å². The van der Waals surface area contributed by atoms with Crippen LogP contribution in [0.5, 0.6) is 5.75 Å². The van der Waals surface area contributed by atoms with Crippen LogP contribution in [-0.4, -0.2) is 43.4 Å². The Morgan fingerprint density at radius 2 is 2.08 bits per heavy atom. The van der Waals surface area contributed by atoms with Crippen molar-refractivity contribution >= 4 is 0 Å². The molecule has 1 unspecified atom stereocenters. The van der Waals surface area contributed by atoms with E-state index >= 15 is 0 Å². The van der Waals surface area contributed by atoms with Gasteiger partial charge in [-0.15, -0.1) is 0 Å². The van der Waals surface area contributed by atoms with Gasteiger partial charge in [-0.2, -0.15) is 0 Å². The van der Waals surface area contributed by atoms with Gasteiger partial charge in [-0.1, -0.05) is 37.8 Å². The average Bonchev–Trinajstić information content (AvgIpc) is 3.16. The number of piperidine rings is 1. The maximum Gasteiger partial charge on any atom is 0.119 e. The number of ether oxygens (including phenoxy) is 1. The standard InChI is InChI=1S/C22H35NO2/c1-25-21-11-4-9-20(15-21)16-22(18-24)12-6-14-23(17-22)13-5-10-19-7-2-3-8-19/h4,9,11,15,19,24H,2-3,5-8,10,12-14,16-18H2,1H3. The first-order valence-electron chi connectivity index (χ1n) is 10.2. The van der Waals surface area contributed by atoms with Gasteiger partial charge >= 0.3 is 0 Å². The molecule has 1 aromatic carbocycles. The van der Waals surface area contributed by atoms with Crippen LogP contribution in [0.3, 0.4) is 0 Å². The van der Waals surface area contributed by atoms with Crippen LogP contribution in [0.15, 0.2) is 24.3 Å². The van der Waals surface area contributed by atoms with Gasteiger partial charge in [0.25, 0.3) is 0 Å². The second-order valence-electron chi connectivity index (χ2n) is 8.36. The lowest BCUT2D eigenvalue weighted by Crippen LogP contribution is -2.46. The molecule has 0 spiro atoms. The number of hydrogen-bond donors (Lipinski definition) is 1. The van der Waals surface area contributed by atoms with E-state index in [0.717, 1.165) is 31.1 Å². The van der Waals surface area contributed by atoms with Gasteiger partial charge < -0.3 is 14.7 Å². The average molecular weight is 346 g/mol. The van der Waals surface area contributed by atoms with Crippen molar-refractivity contribution < 1.29 is 9.84 Å². The summed E-state index contributed by atoms with van der Waals surface area (Å²) < 4.78 is 5.36. The maximum absolute atomic E-state index is 10.2. The molecule has 1 saturated carbocycles. The fourth-order valence-electron chi connectivity index (χ4n) is 4.95. The zero-order chi connectivity index (χ0) is 17.5. The minimum Gasteiger partial charge on any atom is -0.497 e. The van der Waals surface area contributed by atoms with Crippen molar-refractivity contribution in [2.75, 3.05) is 33.4 Å². The molecular formula is C22H35NO2. The van der Waals surface area contributed by atoms with Crippen LogP contribution in [0.4, 0.5) is 0 Å². The van der Waals surface area contributed by atoms with Crippen molar-refractivity contribution in [1.29, 1.82) is 0 Å². The van der Waals surface area contributed by atoms with Gasteiger partial charge in [0, 0.05) is 12.0 Å². The summed E-state index contributed by atoms with van der Waals surface area (Å²) in [4.78, 5) is 2.61. The lowest BCUT2D eigenvalue weighted by Gasteiger charge is -2.42. The van der Waals surface area contributed by atoms with Crippen LogP contribution >= 0.6 is 0 Å². The van der Waals surface area contributed by atoms with Crippen molar-refractivity contribution in [1.82, 2.24) is 4.90 Å². The molecule has 0 bridgehead atoms. The van der Waals surface area contributed by atoms with Gasteiger partial charge in [-0.3, -0.25) is 0 Å². The molecular weight excluding hydrogens is 310 g/mol. The summed E-state index contributed by atoms with van der Waals surface area (Å²) in [6.45, 7) is 3.72. The number of aliphatic hydroxyl groups excluding tert-OH is 1. The van der Waals surface area contributed by atoms with Crippen LogP contribution in [0.2, 0.25) is 0 Å². The van der Waals surface area contributed by atoms with Crippen LogP contribution < -0.4 is 4.74 Å². The van der Waals surface area contributed by atoms with E-state index in [1.165, 1.54) is 63.6 Å². The largest absolute Gasteiger partial charge is 0.497 e. The lowest BCUT2D eigenvalue weighted by molar-refractivity contribution is 0.0312. The van der Waals surface area contributed by atoms with Crippen molar-refractivity contribution in [2.45, 2.75) is 57.8 Å². The van der Waals surface area contributed by atoms with E-state index in [4.69, 9.17) is 4.74 Å². The molecule has 2 aliphatic rings. The van der Waals surface area contributed by atoms with Crippen LogP contribution in [0, 0.1) is 11.3 Å². The molecule has 3 rings (SSSR count). The van der Waals surface area contributed by atoms with E-state index in [0.29, 0.717) is 0 Å². The third-order valence-electron chi connectivity index (χ3n) is 6.35. The van der Waals surface area contributed by atoms with Crippen molar-refractivity contribution in [3.05, 3.63) is 29.8 Å². The highest BCUT2D eigenvalue weighted by molar-refractivity contribution is 5.29. The molecule has 0 aromatic heterocycles. The number of rotatable bonds is 8. The van der Waals surface area contributed by atoms with Crippen LogP contribution in [0.25, 0.3) is 0 Å².